The number of amides is 1. The van der Waals surface area contributed by atoms with Crippen molar-refractivity contribution in [1.29, 1.82) is 0 Å². The van der Waals surface area contributed by atoms with Crippen molar-refractivity contribution >= 4 is 35.0 Å². The Bertz CT molecular complexity index is 970. The average Bonchev–Trinajstić information content (AvgIpc) is 3.10. The molecule has 0 unspecified atom stereocenters. The van der Waals surface area contributed by atoms with Crippen molar-refractivity contribution in [1.82, 2.24) is 10.2 Å². The third-order valence-electron chi connectivity index (χ3n) is 4.01. The number of hydrogen-bond acceptors (Lipinski definition) is 6. The number of benzene rings is 2. The van der Waals surface area contributed by atoms with Crippen molar-refractivity contribution in [3.8, 4) is 5.75 Å². The van der Waals surface area contributed by atoms with Gasteiger partial charge in [-0.05, 0) is 55.7 Å². The maximum atomic E-state index is 12.2. The minimum Gasteiger partial charge on any atom is -0.484 e. The second-order valence-electron chi connectivity index (χ2n) is 6.26. The van der Waals surface area contributed by atoms with E-state index in [0.29, 0.717) is 21.9 Å². The van der Waals surface area contributed by atoms with Gasteiger partial charge in [-0.3, -0.25) is 4.79 Å². The highest BCUT2D eigenvalue weighted by Crippen LogP contribution is 2.24. The van der Waals surface area contributed by atoms with Crippen molar-refractivity contribution in [2.75, 3.05) is 11.1 Å². The molecule has 0 saturated carbocycles. The van der Waals surface area contributed by atoms with E-state index in [0.717, 1.165) is 22.4 Å². The minimum absolute atomic E-state index is 0.129. The maximum absolute atomic E-state index is 12.2. The van der Waals surface area contributed by atoms with Gasteiger partial charge >= 0.3 is 0 Å². The third-order valence-corrected chi connectivity index (χ3v) is 5.06. The molecule has 1 aromatic heterocycles. The van der Waals surface area contributed by atoms with Gasteiger partial charge in [0.05, 0.1) is 5.75 Å². The number of ether oxygens (including phenoxy) is 1. The summed E-state index contributed by atoms with van der Waals surface area (Å²) >= 11 is 7.12. The van der Waals surface area contributed by atoms with E-state index in [1.807, 2.05) is 45.0 Å². The lowest BCUT2D eigenvalue weighted by Gasteiger charge is -2.10. The molecular weight excluding hydrogens is 398 g/mol. The number of carbonyl (C=O) groups is 1. The van der Waals surface area contributed by atoms with Crippen LogP contribution in [-0.4, -0.2) is 21.9 Å². The maximum Gasteiger partial charge on any atom is 0.277 e. The number of thioether (sulfide) groups is 1. The average molecular weight is 418 g/mol. The number of rotatable bonds is 7. The van der Waals surface area contributed by atoms with Crippen LogP contribution in [0.3, 0.4) is 0 Å². The predicted octanol–water partition coefficient (Wildman–Crippen LogP) is 4.96. The molecule has 0 aliphatic carbocycles. The lowest BCUT2D eigenvalue weighted by atomic mass is 10.1. The van der Waals surface area contributed by atoms with Crippen LogP contribution in [0.5, 0.6) is 5.75 Å². The zero-order chi connectivity index (χ0) is 20.1. The molecule has 0 bridgehead atoms. The Labute approximate surface area is 172 Å². The van der Waals surface area contributed by atoms with E-state index < -0.39 is 0 Å². The zero-order valence-corrected chi connectivity index (χ0v) is 17.4. The fourth-order valence-electron chi connectivity index (χ4n) is 2.58. The Morgan fingerprint density at radius 1 is 1.14 bits per heavy atom. The van der Waals surface area contributed by atoms with Gasteiger partial charge in [-0.1, -0.05) is 41.6 Å². The Kier molecular flexibility index (Phi) is 6.59. The summed E-state index contributed by atoms with van der Waals surface area (Å²) in [6, 6.07) is 11.3. The molecule has 3 rings (SSSR count). The highest BCUT2D eigenvalue weighted by atomic mass is 35.5. The number of para-hydroxylation sites is 1. The van der Waals surface area contributed by atoms with Gasteiger partial charge in [0.2, 0.25) is 5.91 Å². The van der Waals surface area contributed by atoms with E-state index >= 15 is 0 Å². The molecule has 8 heteroatoms. The lowest BCUT2D eigenvalue weighted by Crippen LogP contribution is -2.15. The molecule has 0 aliphatic heterocycles. The molecule has 0 spiro atoms. The minimum atomic E-state index is -0.129. The lowest BCUT2D eigenvalue weighted by molar-refractivity contribution is -0.113. The molecule has 1 amide bonds. The van der Waals surface area contributed by atoms with Crippen LogP contribution in [0.2, 0.25) is 5.02 Å². The molecule has 28 heavy (non-hydrogen) atoms. The van der Waals surface area contributed by atoms with Crippen molar-refractivity contribution in [3.63, 3.8) is 0 Å². The highest BCUT2D eigenvalue weighted by Gasteiger charge is 2.12. The van der Waals surface area contributed by atoms with E-state index in [2.05, 4.69) is 15.5 Å². The first-order chi connectivity index (χ1) is 13.4. The second kappa shape index (κ2) is 9.12. The van der Waals surface area contributed by atoms with E-state index in [9.17, 15) is 4.79 Å². The van der Waals surface area contributed by atoms with Crippen molar-refractivity contribution in [2.45, 2.75) is 32.6 Å². The van der Waals surface area contributed by atoms with Gasteiger partial charge in [0.25, 0.3) is 11.1 Å². The van der Waals surface area contributed by atoms with Gasteiger partial charge < -0.3 is 14.5 Å². The number of aromatic nitrogens is 2. The number of aryl methyl sites for hydroxylation is 3. The molecule has 3 aromatic rings. The van der Waals surface area contributed by atoms with Gasteiger partial charge in [-0.2, -0.15) is 0 Å². The summed E-state index contributed by atoms with van der Waals surface area (Å²) in [4.78, 5) is 12.2. The van der Waals surface area contributed by atoms with Gasteiger partial charge in [0.15, 0.2) is 6.61 Å². The van der Waals surface area contributed by atoms with Crippen LogP contribution in [0.4, 0.5) is 5.69 Å². The van der Waals surface area contributed by atoms with Crippen LogP contribution in [0, 0.1) is 20.8 Å². The molecule has 1 N–H and O–H groups in total. The summed E-state index contributed by atoms with van der Waals surface area (Å²) in [5.74, 6) is 1.08. The van der Waals surface area contributed by atoms with E-state index in [-0.39, 0.29) is 18.3 Å². The largest absolute Gasteiger partial charge is 0.484 e. The number of carbonyl (C=O) groups excluding carboxylic acids is 1. The van der Waals surface area contributed by atoms with Gasteiger partial charge in [0, 0.05) is 10.7 Å². The Morgan fingerprint density at radius 3 is 2.61 bits per heavy atom. The quantitative estimate of drug-likeness (QED) is 0.547. The van der Waals surface area contributed by atoms with E-state index in [1.54, 1.807) is 12.1 Å². The van der Waals surface area contributed by atoms with E-state index in [1.165, 1.54) is 11.8 Å². The summed E-state index contributed by atoms with van der Waals surface area (Å²) in [7, 11) is 0. The van der Waals surface area contributed by atoms with Crippen LogP contribution in [0.25, 0.3) is 0 Å². The number of anilines is 1. The van der Waals surface area contributed by atoms with Crippen LogP contribution in [-0.2, 0) is 11.4 Å². The highest BCUT2D eigenvalue weighted by molar-refractivity contribution is 7.99. The normalized spacial score (nSPS) is 10.7. The summed E-state index contributed by atoms with van der Waals surface area (Å²) in [5, 5.41) is 11.8. The summed E-state index contributed by atoms with van der Waals surface area (Å²) in [6.45, 7) is 5.97. The number of halogens is 1. The monoisotopic (exact) mass is 417 g/mol. The van der Waals surface area contributed by atoms with Gasteiger partial charge in [0.1, 0.15) is 5.75 Å². The Morgan fingerprint density at radius 2 is 1.89 bits per heavy atom. The second-order valence-corrected chi connectivity index (χ2v) is 7.63. The first-order valence-electron chi connectivity index (χ1n) is 8.62. The van der Waals surface area contributed by atoms with Crippen molar-refractivity contribution < 1.29 is 13.9 Å². The smallest absolute Gasteiger partial charge is 0.277 e. The number of nitrogens with one attached hydrogen (secondary N) is 1. The van der Waals surface area contributed by atoms with Crippen molar-refractivity contribution in [2.24, 2.45) is 0 Å². The summed E-state index contributed by atoms with van der Waals surface area (Å²) in [6.07, 6.45) is 0. The fraction of sp³-hybridized carbons (Fsp3) is 0.250. The van der Waals surface area contributed by atoms with Gasteiger partial charge in [-0.15, -0.1) is 10.2 Å². The molecule has 0 radical (unpaired) electrons. The molecule has 146 valence electrons. The zero-order valence-electron chi connectivity index (χ0n) is 15.8. The van der Waals surface area contributed by atoms with Crippen LogP contribution in [0.1, 0.15) is 22.6 Å². The molecule has 0 aliphatic rings. The molecule has 2 aromatic carbocycles. The topological polar surface area (TPSA) is 77.2 Å². The third kappa shape index (κ3) is 5.27. The van der Waals surface area contributed by atoms with Crippen LogP contribution in [0.15, 0.2) is 46.0 Å². The van der Waals surface area contributed by atoms with Gasteiger partial charge in [-0.25, -0.2) is 0 Å². The standard InChI is InChI=1S/C20H20ClN3O3S/c1-12-5-4-6-13(2)19(12)22-17(25)11-28-20-24-23-18(27-20)10-26-16-8-7-15(21)9-14(16)3/h4-9H,10-11H2,1-3H3,(H,22,25). The van der Waals surface area contributed by atoms with E-state index in [4.69, 9.17) is 20.8 Å². The molecular formula is C20H20ClN3O3S. The summed E-state index contributed by atoms with van der Waals surface area (Å²) in [5.41, 5.74) is 3.80. The fourth-order valence-corrected chi connectivity index (χ4v) is 3.39. The Balaban J connectivity index is 1.51. The molecule has 0 atom stereocenters. The first-order valence-corrected chi connectivity index (χ1v) is 9.99. The SMILES string of the molecule is Cc1cc(Cl)ccc1OCc1nnc(SCC(=O)Nc2c(C)cccc2C)o1. The molecule has 0 saturated heterocycles. The van der Waals surface area contributed by atoms with Crippen LogP contribution < -0.4 is 10.1 Å². The summed E-state index contributed by atoms with van der Waals surface area (Å²) < 4.78 is 11.2. The molecule has 0 fully saturated rings. The molecule has 1 heterocycles. The first kappa shape index (κ1) is 20.2. The van der Waals surface area contributed by atoms with Crippen molar-refractivity contribution in [3.05, 3.63) is 64.0 Å². The molecule has 6 nitrogen and oxygen atoms in total. The number of hydrogen-bond donors (Lipinski definition) is 1. The predicted molar refractivity (Wildman–Crippen MR) is 110 cm³/mol. The van der Waals surface area contributed by atoms with Crippen LogP contribution >= 0.6 is 23.4 Å². The Hall–Kier alpha value is -2.51. The number of nitrogens with zero attached hydrogens (tertiary/aromatic N) is 2.